The zero-order valence-corrected chi connectivity index (χ0v) is 15.3. The summed E-state index contributed by atoms with van der Waals surface area (Å²) in [5, 5.41) is 15.2. The van der Waals surface area contributed by atoms with E-state index in [0.29, 0.717) is 23.5 Å². The van der Waals surface area contributed by atoms with Crippen LogP contribution in [0, 0.1) is 0 Å². The maximum Gasteiger partial charge on any atom is 0.325 e. The molecule has 1 aromatic carbocycles. The summed E-state index contributed by atoms with van der Waals surface area (Å²) in [6, 6.07) is 7.36. The monoisotopic (exact) mass is 361 g/mol. The van der Waals surface area contributed by atoms with Gasteiger partial charge in [0, 0.05) is 18.3 Å². The minimum atomic E-state index is -0.335. The van der Waals surface area contributed by atoms with Crippen LogP contribution in [-0.2, 0) is 0 Å². The number of nitrogens with zero attached hydrogens (tertiary/aromatic N) is 3. The molecule has 2 aromatic rings. The van der Waals surface area contributed by atoms with Crippen LogP contribution < -0.4 is 20.3 Å². The van der Waals surface area contributed by atoms with Gasteiger partial charge in [-0.2, -0.15) is 0 Å². The Hall–Kier alpha value is -2.35. The Morgan fingerprint density at radius 3 is 2.80 bits per heavy atom. The molecule has 1 saturated heterocycles. The van der Waals surface area contributed by atoms with Crippen LogP contribution in [0.3, 0.4) is 0 Å². The molecule has 2 N–H and O–H groups in total. The largest absolute Gasteiger partial charge is 0.494 e. The van der Waals surface area contributed by atoms with Crippen LogP contribution in [0.2, 0.25) is 0 Å². The van der Waals surface area contributed by atoms with Crippen LogP contribution >= 0.6 is 11.3 Å². The Morgan fingerprint density at radius 2 is 2.08 bits per heavy atom. The van der Waals surface area contributed by atoms with E-state index in [0.717, 1.165) is 17.4 Å². The maximum atomic E-state index is 12.1. The Bertz CT molecular complexity index is 703. The molecular formula is C17H23N5O2S. The number of amides is 2. The Kier molecular flexibility index (Phi) is 5.70. The normalized spacial score (nSPS) is 17.2. The summed E-state index contributed by atoms with van der Waals surface area (Å²) >= 11 is 1.40. The van der Waals surface area contributed by atoms with E-state index in [9.17, 15) is 4.79 Å². The molecule has 3 rings (SSSR count). The van der Waals surface area contributed by atoms with E-state index in [1.165, 1.54) is 30.6 Å². The first-order chi connectivity index (χ1) is 12.2. The van der Waals surface area contributed by atoms with Crippen LogP contribution in [0.25, 0.3) is 0 Å². The zero-order valence-electron chi connectivity index (χ0n) is 14.5. The highest BCUT2D eigenvalue weighted by molar-refractivity contribution is 7.19. The summed E-state index contributed by atoms with van der Waals surface area (Å²) in [6.45, 7) is 5.74. The molecule has 8 heteroatoms. The van der Waals surface area contributed by atoms with Gasteiger partial charge in [0.2, 0.25) is 10.3 Å². The van der Waals surface area contributed by atoms with Crippen molar-refractivity contribution >= 4 is 33.3 Å². The Balaban J connectivity index is 1.56. The summed E-state index contributed by atoms with van der Waals surface area (Å²) in [5.74, 6) is 0.776. The summed E-state index contributed by atoms with van der Waals surface area (Å²) in [6.07, 6.45) is 3.59. The third-order valence-electron chi connectivity index (χ3n) is 4.11. The van der Waals surface area contributed by atoms with Crippen LogP contribution in [0.5, 0.6) is 5.75 Å². The average Bonchev–Trinajstić information content (AvgIpc) is 3.05. The van der Waals surface area contributed by atoms with E-state index in [4.69, 9.17) is 4.74 Å². The quantitative estimate of drug-likeness (QED) is 0.843. The second-order valence-electron chi connectivity index (χ2n) is 5.96. The molecule has 0 radical (unpaired) electrons. The van der Waals surface area contributed by atoms with Crippen LogP contribution in [-0.4, -0.2) is 35.4 Å². The smallest absolute Gasteiger partial charge is 0.325 e. The fourth-order valence-electron chi connectivity index (χ4n) is 2.82. The van der Waals surface area contributed by atoms with Gasteiger partial charge in [0.05, 0.1) is 6.61 Å². The van der Waals surface area contributed by atoms with Crippen molar-refractivity contribution < 1.29 is 9.53 Å². The van der Waals surface area contributed by atoms with Gasteiger partial charge >= 0.3 is 6.03 Å². The second kappa shape index (κ2) is 8.15. The lowest BCUT2D eigenvalue weighted by atomic mass is 10.1. The number of hydrogen-bond donors (Lipinski definition) is 2. The van der Waals surface area contributed by atoms with Crippen molar-refractivity contribution in [2.45, 2.75) is 39.2 Å². The molecule has 7 nitrogen and oxygen atoms in total. The summed E-state index contributed by atoms with van der Waals surface area (Å²) < 4.78 is 5.38. The van der Waals surface area contributed by atoms with Gasteiger partial charge in [0.1, 0.15) is 5.75 Å². The summed E-state index contributed by atoms with van der Waals surface area (Å²) in [5.41, 5.74) is 0.690. The van der Waals surface area contributed by atoms with Gasteiger partial charge in [-0.25, -0.2) is 4.79 Å². The van der Waals surface area contributed by atoms with Crippen molar-refractivity contribution in [3.8, 4) is 5.75 Å². The fourth-order valence-corrected chi connectivity index (χ4v) is 3.69. The number of hydrogen-bond acceptors (Lipinski definition) is 6. The van der Waals surface area contributed by atoms with Crippen LogP contribution in [0.4, 0.5) is 20.7 Å². The van der Waals surface area contributed by atoms with Gasteiger partial charge in [-0.15, -0.1) is 10.2 Å². The first kappa shape index (κ1) is 17.5. The van der Waals surface area contributed by atoms with Gasteiger partial charge in [-0.05, 0) is 57.4 Å². The zero-order chi connectivity index (χ0) is 17.6. The molecule has 1 fully saturated rings. The molecule has 0 saturated carbocycles. The van der Waals surface area contributed by atoms with E-state index in [-0.39, 0.29) is 6.03 Å². The van der Waals surface area contributed by atoms with E-state index in [1.807, 2.05) is 19.1 Å². The number of benzene rings is 1. The molecule has 1 aromatic heterocycles. The van der Waals surface area contributed by atoms with E-state index in [2.05, 4.69) is 32.7 Å². The standard InChI is InChI=1S/C17H23N5O2S/c1-3-24-14-9-7-13(8-10-14)18-15(23)19-16-20-21-17(25-16)22-11-5-4-6-12(22)2/h7-10,12H,3-6,11H2,1-2H3,(H2,18,19,20,23)/t12-/m1/s1. The van der Waals surface area contributed by atoms with Crippen molar-refractivity contribution in [2.75, 3.05) is 28.7 Å². The van der Waals surface area contributed by atoms with E-state index < -0.39 is 0 Å². The van der Waals surface area contributed by atoms with Crippen LogP contribution in [0.15, 0.2) is 24.3 Å². The fraction of sp³-hybridized carbons (Fsp3) is 0.471. The Labute approximate surface area is 151 Å². The predicted molar refractivity (Wildman–Crippen MR) is 101 cm³/mol. The molecular weight excluding hydrogens is 338 g/mol. The minimum Gasteiger partial charge on any atom is -0.494 e. The highest BCUT2D eigenvalue weighted by Gasteiger charge is 2.22. The van der Waals surface area contributed by atoms with E-state index >= 15 is 0 Å². The lowest BCUT2D eigenvalue weighted by Crippen LogP contribution is -2.37. The molecule has 25 heavy (non-hydrogen) atoms. The summed E-state index contributed by atoms with van der Waals surface area (Å²) in [4.78, 5) is 14.4. The second-order valence-corrected chi connectivity index (χ2v) is 6.92. The number of piperidine rings is 1. The number of rotatable bonds is 5. The molecule has 0 aliphatic carbocycles. The van der Waals surface area contributed by atoms with Gasteiger partial charge in [-0.3, -0.25) is 5.32 Å². The molecule has 0 bridgehead atoms. The summed E-state index contributed by atoms with van der Waals surface area (Å²) in [7, 11) is 0. The molecule has 0 spiro atoms. The van der Waals surface area contributed by atoms with Crippen molar-refractivity contribution in [3.05, 3.63) is 24.3 Å². The number of nitrogens with one attached hydrogen (secondary N) is 2. The van der Waals surface area contributed by atoms with Gasteiger partial charge < -0.3 is 15.0 Å². The predicted octanol–water partition coefficient (Wildman–Crippen LogP) is 3.96. The highest BCUT2D eigenvalue weighted by Crippen LogP contribution is 2.29. The van der Waals surface area contributed by atoms with E-state index in [1.54, 1.807) is 12.1 Å². The molecule has 0 unspecified atom stereocenters. The molecule has 134 valence electrons. The van der Waals surface area contributed by atoms with Gasteiger partial charge in [0.15, 0.2) is 0 Å². The number of anilines is 3. The van der Waals surface area contributed by atoms with Crippen molar-refractivity contribution in [2.24, 2.45) is 0 Å². The molecule has 1 aliphatic heterocycles. The molecule has 1 aliphatic rings. The molecule has 1 atom stereocenters. The number of aromatic nitrogens is 2. The lowest BCUT2D eigenvalue weighted by Gasteiger charge is -2.32. The van der Waals surface area contributed by atoms with Crippen molar-refractivity contribution in [3.63, 3.8) is 0 Å². The highest BCUT2D eigenvalue weighted by atomic mass is 32.1. The third-order valence-corrected chi connectivity index (χ3v) is 4.98. The first-order valence-corrected chi connectivity index (χ1v) is 9.38. The molecule has 2 amide bonds. The number of urea groups is 1. The molecule has 2 heterocycles. The maximum absolute atomic E-state index is 12.1. The van der Waals surface area contributed by atoms with Crippen LogP contribution in [0.1, 0.15) is 33.1 Å². The third kappa shape index (κ3) is 4.60. The van der Waals surface area contributed by atoms with Crippen molar-refractivity contribution in [1.29, 1.82) is 0 Å². The average molecular weight is 361 g/mol. The van der Waals surface area contributed by atoms with Gasteiger partial charge in [-0.1, -0.05) is 11.3 Å². The number of carbonyl (C=O) groups is 1. The van der Waals surface area contributed by atoms with Gasteiger partial charge in [0.25, 0.3) is 0 Å². The lowest BCUT2D eigenvalue weighted by molar-refractivity contribution is 0.262. The first-order valence-electron chi connectivity index (χ1n) is 8.56. The van der Waals surface area contributed by atoms with Crippen molar-refractivity contribution in [1.82, 2.24) is 10.2 Å². The minimum absolute atomic E-state index is 0.335. The SMILES string of the molecule is CCOc1ccc(NC(=O)Nc2nnc(N3CCCC[C@H]3C)s2)cc1. The number of carbonyl (C=O) groups excluding carboxylic acids is 1. The number of ether oxygens (including phenoxy) is 1. The Morgan fingerprint density at radius 1 is 1.28 bits per heavy atom. The topological polar surface area (TPSA) is 79.4 Å².